The first-order chi connectivity index (χ1) is 10.9. The molecule has 120 valence electrons. The first kappa shape index (κ1) is 14.9. The normalized spacial score (nSPS) is 41.3. The van der Waals surface area contributed by atoms with Crippen LogP contribution in [-0.2, 0) is 9.59 Å². The molecule has 2 unspecified atom stereocenters. The monoisotopic (exact) mass is 308 g/mol. The molecular formula is C21H24O2. The van der Waals surface area contributed by atoms with E-state index in [1.807, 2.05) is 6.08 Å². The molecule has 1 saturated carbocycles. The van der Waals surface area contributed by atoms with Crippen LogP contribution in [0.4, 0.5) is 0 Å². The van der Waals surface area contributed by atoms with Gasteiger partial charge in [0.1, 0.15) is 0 Å². The molecule has 0 aromatic carbocycles. The lowest BCUT2D eigenvalue weighted by atomic mass is 9.52. The van der Waals surface area contributed by atoms with E-state index in [0.29, 0.717) is 11.8 Å². The summed E-state index contributed by atoms with van der Waals surface area (Å²) >= 11 is 0. The molecule has 4 rings (SSSR count). The highest BCUT2D eigenvalue weighted by molar-refractivity contribution is 6.01. The zero-order valence-electron chi connectivity index (χ0n) is 14.2. The summed E-state index contributed by atoms with van der Waals surface area (Å²) in [4.78, 5) is 23.8. The van der Waals surface area contributed by atoms with Crippen molar-refractivity contribution in [2.75, 3.05) is 0 Å². The highest BCUT2D eigenvalue weighted by Crippen LogP contribution is 2.62. The summed E-state index contributed by atoms with van der Waals surface area (Å²) in [6, 6.07) is 0. The van der Waals surface area contributed by atoms with Crippen LogP contribution in [0.5, 0.6) is 0 Å². The Morgan fingerprint density at radius 1 is 1.26 bits per heavy atom. The number of hydrogen-bond donors (Lipinski definition) is 0. The average molecular weight is 308 g/mol. The largest absolute Gasteiger partial charge is 0.295 e. The number of rotatable bonds is 1. The van der Waals surface area contributed by atoms with E-state index in [1.54, 1.807) is 13.0 Å². The Labute approximate surface area is 138 Å². The van der Waals surface area contributed by atoms with Crippen molar-refractivity contribution in [1.29, 1.82) is 0 Å². The minimum Gasteiger partial charge on any atom is -0.295 e. The molecule has 2 nitrogen and oxygen atoms in total. The van der Waals surface area contributed by atoms with Gasteiger partial charge in [-0.15, -0.1) is 0 Å². The van der Waals surface area contributed by atoms with E-state index < -0.39 is 0 Å². The van der Waals surface area contributed by atoms with Crippen molar-refractivity contribution < 1.29 is 9.59 Å². The van der Waals surface area contributed by atoms with Crippen LogP contribution < -0.4 is 0 Å². The van der Waals surface area contributed by atoms with Gasteiger partial charge in [0.05, 0.1) is 0 Å². The molecule has 4 aliphatic rings. The summed E-state index contributed by atoms with van der Waals surface area (Å²) in [5, 5.41) is 0. The van der Waals surface area contributed by atoms with Gasteiger partial charge in [-0.2, -0.15) is 0 Å². The van der Waals surface area contributed by atoms with E-state index in [9.17, 15) is 9.59 Å². The summed E-state index contributed by atoms with van der Waals surface area (Å²) in [5.74, 6) is 1.42. The Morgan fingerprint density at radius 2 is 2.04 bits per heavy atom. The molecule has 4 atom stereocenters. The molecule has 1 fully saturated rings. The van der Waals surface area contributed by atoms with Crippen LogP contribution >= 0.6 is 0 Å². The molecule has 0 bridgehead atoms. The van der Waals surface area contributed by atoms with Gasteiger partial charge in [0.15, 0.2) is 11.6 Å². The van der Waals surface area contributed by atoms with Gasteiger partial charge in [-0.3, -0.25) is 9.59 Å². The van der Waals surface area contributed by atoms with Crippen LogP contribution in [0, 0.1) is 22.7 Å². The van der Waals surface area contributed by atoms with Crippen molar-refractivity contribution in [3.05, 3.63) is 47.1 Å². The summed E-state index contributed by atoms with van der Waals surface area (Å²) in [7, 11) is 0. The zero-order valence-corrected chi connectivity index (χ0v) is 14.2. The predicted molar refractivity (Wildman–Crippen MR) is 90.7 cm³/mol. The molecule has 0 aliphatic heterocycles. The Morgan fingerprint density at radius 3 is 2.78 bits per heavy atom. The highest BCUT2D eigenvalue weighted by atomic mass is 16.1. The Hall–Kier alpha value is -1.70. The number of allylic oxidation sites excluding steroid dienone is 8. The summed E-state index contributed by atoms with van der Waals surface area (Å²) in [5.41, 5.74) is 3.72. The third kappa shape index (κ3) is 1.87. The maximum atomic E-state index is 12.0. The molecule has 4 aliphatic carbocycles. The van der Waals surface area contributed by atoms with E-state index in [4.69, 9.17) is 0 Å². The van der Waals surface area contributed by atoms with Crippen LogP contribution in [0.2, 0.25) is 0 Å². The lowest BCUT2D eigenvalue weighted by Crippen LogP contribution is -2.43. The molecule has 0 saturated heterocycles. The molecule has 0 heterocycles. The van der Waals surface area contributed by atoms with Gasteiger partial charge in [-0.05, 0) is 69.1 Å². The zero-order chi connectivity index (χ0) is 16.4. The highest BCUT2D eigenvalue weighted by Gasteiger charge is 2.53. The first-order valence-corrected chi connectivity index (χ1v) is 8.72. The minimum atomic E-state index is -0.0862. The van der Waals surface area contributed by atoms with Gasteiger partial charge in [0.2, 0.25) is 0 Å². The fraction of sp³-hybridized carbons (Fsp3) is 0.524. The first-order valence-electron chi connectivity index (χ1n) is 8.72. The molecule has 0 spiro atoms. The maximum absolute atomic E-state index is 12.0. The maximum Gasteiger partial charge on any atom is 0.178 e. The second kappa shape index (κ2) is 4.66. The smallest absolute Gasteiger partial charge is 0.178 e. The fourth-order valence-corrected chi connectivity index (χ4v) is 5.65. The third-order valence-corrected chi connectivity index (χ3v) is 6.91. The lowest BCUT2D eigenvalue weighted by Gasteiger charge is -2.51. The van der Waals surface area contributed by atoms with Crippen LogP contribution in [0.15, 0.2) is 47.1 Å². The van der Waals surface area contributed by atoms with Crippen LogP contribution in [-0.4, -0.2) is 11.6 Å². The van der Waals surface area contributed by atoms with Gasteiger partial charge < -0.3 is 0 Å². The van der Waals surface area contributed by atoms with Crippen LogP contribution in [0.3, 0.4) is 0 Å². The van der Waals surface area contributed by atoms with Crippen molar-refractivity contribution in [2.24, 2.45) is 22.7 Å². The summed E-state index contributed by atoms with van der Waals surface area (Å²) in [6.45, 7) is 6.24. The van der Waals surface area contributed by atoms with Crippen molar-refractivity contribution in [2.45, 2.75) is 46.5 Å². The van der Waals surface area contributed by atoms with Crippen LogP contribution in [0.1, 0.15) is 46.5 Å². The van der Waals surface area contributed by atoms with Gasteiger partial charge >= 0.3 is 0 Å². The van der Waals surface area contributed by atoms with Gasteiger partial charge in [-0.1, -0.05) is 36.3 Å². The number of fused-ring (bicyclic) bond motifs is 5. The number of ketones is 2. The second-order valence-electron chi connectivity index (χ2n) is 8.05. The summed E-state index contributed by atoms with van der Waals surface area (Å²) in [6.07, 6.45) is 14.3. The standard InChI is InChI=1S/C21H24O2/c1-13(22)17-6-7-18-16-5-4-14-12-15(23)8-10-20(14,2)19(16)9-11-21(17,18)3/h6,8-10,12,16,18H,4-5,7,11H2,1-3H3/t16-,18-,20?,21?/m0/s1. The van der Waals surface area contributed by atoms with E-state index in [0.717, 1.165) is 31.3 Å². The second-order valence-corrected chi connectivity index (χ2v) is 8.05. The average Bonchev–Trinajstić information content (AvgIpc) is 2.85. The van der Waals surface area contributed by atoms with Crippen molar-refractivity contribution in [3.63, 3.8) is 0 Å². The molecular weight excluding hydrogens is 284 g/mol. The quantitative estimate of drug-likeness (QED) is 0.675. The topological polar surface area (TPSA) is 34.1 Å². The molecule has 0 amide bonds. The molecule has 0 N–H and O–H groups in total. The van der Waals surface area contributed by atoms with Crippen molar-refractivity contribution in [3.8, 4) is 0 Å². The molecule has 2 heteroatoms. The predicted octanol–water partition coefficient (Wildman–Crippen LogP) is 4.34. The fourth-order valence-electron chi connectivity index (χ4n) is 5.65. The molecule has 0 aromatic rings. The van der Waals surface area contributed by atoms with E-state index in [2.05, 4.69) is 32.1 Å². The lowest BCUT2D eigenvalue weighted by molar-refractivity contribution is -0.115. The number of carbonyl (C=O) groups excluding carboxylic acids is 2. The minimum absolute atomic E-state index is 0.00573. The number of carbonyl (C=O) groups is 2. The van der Waals surface area contributed by atoms with Gasteiger partial charge in [-0.25, -0.2) is 0 Å². The summed E-state index contributed by atoms with van der Waals surface area (Å²) < 4.78 is 0. The Bertz CT molecular complexity index is 733. The van der Waals surface area contributed by atoms with Crippen LogP contribution in [0.25, 0.3) is 0 Å². The Balaban J connectivity index is 1.77. The van der Waals surface area contributed by atoms with Crippen molar-refractivity contribution >= 4 is 11.6 Å². The molecule has 23 heavy (non-hydrogen) atoms. The number of hydrogen-bond acceptors (Lipinski definition) is 2. The van der Waals surface area contributed by atoms with E-state index in [-0.39, 0.29) is 22.4 Å². The van der Waals surface area contributed by atoms with Crippen molar-refractivity contribution in [1.82, 2.24) is 0 Å². The van der Waals surface area contributed by atoms with E-state index in [1.165, 1.54) is 11.1 Å². The Kier molecular flexibility index (Phi) is 3.01. The van der Waals surface area contributed by atoms with Gasteiger partial charge in [0, 0.05) is 10.8 Å². The number of Topliss-reactive ketones (excluding diaryl/α,β-unsaturated/α-hetero) is 1. The molecule has 0 aromatic heterocycles. The SMILES string of the molecule is CC(=O)C1=CC[C@H]2[C@@H]3CCC4=CC(=O)C=CC4(C)C3=CCC12C. The van der Waals surface area contributed by atoms with E-state index >= 15 is 0 Å². The molecule has 0 radical (unpaired) electrons. The van der Waals surface area contributed by atoms with Gasteiger partial charge in [0.25, 0.3) is 0 Å². The third-order valence-electron chi connectivity index (χ3n) is 6.91.